The summed E-state index contributed by atoms with van der Waals surface area (Å²) in [5.74, 6) is -0.249. The molecular weight excluding hydrogens is 454 g/mol. The highest BCUT2D eigenvalue weighted by atomic mass is 16.6. The monoisotopic (exact) mass is 489 g/mol. The number of rotatable bonds is 2. The molecule has 2 aromatic rings. The Kier molecular flexibility index (Phi) is 4.99. The maximum atomic E-state index is 13.8. The summed E-state index contributed by atoms with van der Waals surface area (Å²) < 4.78 is 5.86. The van der Waals surface area contributed by atoms with Gasteiger partial charge in [0.2, 0.25) is 0 Å². The molecule has 1 saturated carbocycles. The number of urea groups is 1. The third-order valence-corrected chi connectivity index (χ3v) is 10.3. The highest BCUT2D eigenvalue weighted by Gasteiger charge is 2.76. The van der Waals surface area contributed by atoms with Crippen LogP contribution in [0.1, 0.15) is 52.9 Å². The SMILES string of the molecule is CC1(C)[C@@]2(C)CC[C@]1(C(=O)N1CCC3(CCN(C(=O)Nc4cccc5ccccc45)CC3)C1)OC2=O. The third-order valence-electron chi connectivity index (χ3n) is 10.3. The fourth-order valence-corrected chi connectivity index (χ4v) is 7.21. The smallest absolute Gasteiger partial charge is 0.321 e. The first-order valence-corrected chi connectivity index (χ1v) is 13.2. The Bertz CT molecular complexity index is 1260. The Hall–Kier alpha value is -3.09. The van der Waals surface area contributed by atoms with Gasteiger partial charge in [-0.15, -0.1) is 0 Å². The van der Waals surface area contributed by atoms with Gasteiger partial charge in [-0.2, -0.15) is 0 Å². The van der Waals surface area contributed by atoms with Gasteiger partial charge >= 0.3 is 12.0 Å². The van der Waals surface area contributed by atoms with E-state index < -0.39 is 16.4 Å². The highest BCUT2D eigenvalue weighted by Crippen LogP contribution is 2.66. The zero-order valence-electron chi connectivity index (χ0n) is 21.4. The van der Waals surface area contributed by atoms with Gasteiger partial charge in [0.1, 0.15) is 0 Å². The number of likely N-dealkylation sites (tertiary alicyclic amines) is 2. The molecule has 7 nitrogen and oxygen atoms in total. The fourth-order valence-electron chi connectivity index (χ4n) is 7.21. The number of nitrogens with one attached hydrogen (secondary N) is 1. The number of carbonyl (C=O) groups is 3. The second kappa shape index (κ2) is 7.70. The quantitative estimate of drug-likeness (QED) is 0.614. The Labute approximate surface area is 212 Å². The summed E-state index contributed by atoms with van der Waals surface area (Å²) >= 11 is 0. The lowest BCUT2D eigenvalue weighted by Gasteiger charge is -2.41. The van der Waals surface area contributed by atoms with Crippen LogP contribution in [0.2, 0.25) is 0 Å². The predicted octanol–water partition coefficient (Wildman–Crippen LogP) is 4.81. The van der Waals surface area contributed by atoms with Gasteiger partial charge < -0.3 is 19.9 Å². The largest absolute Gasteiger partial charge is 0.448 e. The van der Waals surface area contributed by atoms with Crippen molar-refractivity contribution in [3.63, 3.8) is 0 Å². The van der Waals surface area contributed by atoms with E-state index in [1.165, 1.54) is 0 Å². The second-order valence-corrected chi connectivity index (χ2v) is 12.1. The van der Waals surface area contributed by atoms with Crippen molar-refractivity contribution in [1.29, 1.82) is 0 Å². The summed E-state index contributed by atoms with van der Waals surface area (Å²) in [6, 6.07) is 13.9. The van der Waals surface area contributed by atoms with Crippen molar-refractivity contribution >= 4 is 34.4 Å². The Balaban J connectivity index is 1.11. The molecule has 0 radical (unpaired) electrons. The summed E-state index contributed by atoms with van der Waals surface area (Å²) in [5, 5.41) is 5.24. The van der Waals surface area contributed by atoms with Crippen molar-refractivity contribution < 1.29 is 19.1 Å². The van der Waals surface area contributed by atoms with Crippen LogP contribution in [0.4, 0.5) is 10.5 Å². The first kappa shape index (κ1) is 23.3. The minimum Gasteiger partial charge on any atom is -0.448 e. The van der Waals surface area contributed by atoms with Crippen molar-refractivity contribution in [3.05, 3.63) is 42.5 Å². The normalized spacial score (nSPS) is 30.1. The fraction of sp³-hybridized carbons (Fsp3) is 0.552. The number of piperidine rings is 1. The minimum atomic E-state index is -1.04. The van der Waals surface area contributed by atoms with Gasteiger partial charge in [-0.1, -0.05) is 50.2 Å². The lowest BCUT2D eigenvalue weighted by Crippen LogP contribution is -2.55. The van der Waals surface area contributed by atoms with Crippen LogP contribution in [-0.2, 0) is 14.3 Å². The highest BCUT2D eigenvalue weighted by molar-refractivity contribution is 6.01. The molecule has 2 aromatic carbocycles. The second-order valence-electron chi connectivity index (χ2n) is 12.1. The molecule has 7 heteroatoms. The number of esters is 1. The van der Waals surface area contributed by atoms with Crippen LogP contribution in [-0.4, -0.2) is 59.5 Å². The Morgan fingerprint density at radius 1 is 0.861 bits per heavy atom. The van der Waals surface area contributed by atoms with Gasteiger partial charge in [0, 0.05) is 37.0 Å². The summed E-state index contributed by atoms with van der Waals surface area (Å²) in [6.45, 7) is 8.68. The molecule has 4 aliphatic rings. The Morgan fingerprint density at radius 3 is 2.19 bits per heavy atom. The molecule has 4 fully saturated rings. The molecule has 0 unspecified atom stereocenters. The van der Waals surface area contributed by atoms with Gasteiger partial charge in [0.15, 0.2) is 5.60 Å². The molecule has 2 bridgehead atoms. The summed E-state index contributed by atoms with van der Waals surface area (Å²) in [4.78, 5) is 43.4. The molecule has 6 rings (SSSR count). The molecule has 190 valence electrons. The number of hydrogen-bond acceptors (Lipinski definition) is 4. The maximum Gasteiger partial charge on any atom is 0.321 e. The number of anilines is 1. The number of nitrogens with zero attached hydrogens (tertiary/aromatic N) is 2. The van der Waals surface area contributed by atoms with Crippen LogP contribution in [0.5, 0.6) is 0 Å². The first-order chi connectivity index (χ1) is 17.1. The molecule has 1 spiro atoms. The number of amides is 3. The van der Waals surface area contributed by atoms with E-state index in [4.69, 9.17) is 4.74 Å². The van der Waals surface area contributed by atoms with Crippen molar-refractivity contribution in [1.82, 2.24) is 9.80 Å². The van der Waals surface area contributed by atoms with Crippen LogP contribution >= 0.6 is 0 Å². The van der Waals surface area contributed by atoms with Gasteiger partial charge in [0.05, 0.1) is 11.1 Å². The minimum absolute atomic E-state index is 0.0184. The zero-order chi connectivity index (χ0) is 25.3. The number of ether oxygens (including phenoxy) is 1. The van der Waals surface area contributed by atoms with Crippen LogP contribution in [0, 0.1) is 16.2 Å². The van der Waals surface area contributed by atoms with Crippen LogP contribution in [0.3, 0.4) is 0 Å². The first-order valence-electron chi connectivity index (χ1n) is 13.2. The molecule has 3 saturated heterocycles. The van der Waals surface area contributed by atoms with E-state index in [0.717, 1.165) is 35.7 Å². The number of benzene rings is 2. The molecule has 2 atom stereocenters. The molecule has 0 aromatic heterocycles. The van der Waals surface area contributed by atoms with Crippen LogP contribution in [0.15, 0.2) is 42.5 Å². The molecule has 1 aliphatic carbocycles. The van der Waals surface area contributed by atoms with Crippen molar-refractivity contribution in [2.45, 2.75) is 58.5 Å². The maximum absolute atomic E-state index is 13.8. The number of hydrogen-bond donors (Lipinski definition) is 1. The molecular formula is C29H35N3O4. The van der Waals surface area contributed by atoms with Gasteiger partial charge in [-0.05, 0) is 55.9 Å². The van der Waals surface area contributed by atoms with E-state index in [1.54, 1.807) is 0 Å². The van der Waals surface area contributed by atoms with E-state index in [9.17, 15) is 14.4 Å². The molecule has 3 aliphatic heterocycles. The van der Waals surface area contributed by atoms with Gasteiger partial charge in [-0.25, -0.2) is 4.79 Å². The van der Waals surface area contributed by atoms with Gasteiger partial charge in [0.25, 0.3) is 5.91 Å². The van der Waals surface area contributed by atoms with Crippen LogP contribution < -0.4 is 5.32 Å². The van der Waals surface area contributed by atoms with E-state index in [0.29, 0.717) is 39.0 Å². The summed E-state index contributed by atoms with van der Waals surface area (Å²) in [5.41, 5.74) is -1.30. The number of carbonyl (C=O) groups excluding carboxylic acids is 3. The summed E-state index contributed by atoms with van der Waals surface area (Å²) in [6.07, 6.45) is 3.97. The standard InChI is InChI=1S/C29H35N3O4/c1-26(2)27(3)11-12-29(26,36-24(27)34)23(33)32-18-15-28(19-32)13-16-31(17-14-28)25(35)30-22-10-6-8-20-7-4-5-9-21(20)22/h4-10H,11-19H2,1-3H3,(H,30,35)/t27-,29+/m0/s1. The molecule has 3 amide bonds. The van der Waals surface area contributed by atoms with Gasteiger partial charge in [-0.3, -0.25) is 9.59 Å². The average Bonchev–Trinajstić information content (AvgIpc) is 3.42. The van der Waals surface area contributed by atoms with Crippen molar-refractivity contribution in [3.8, 4) is 0 Å². The third kappa shape index (κ3) is 3.07. The number of fused-ring (bicyclic) bond motifs is 3. The lowest BCUT2D eigenvalue weighted by molar-refractivity contribution is -0.173. The van der Waals surface area contributed by atoms with E-state index in [2.05, 4.69) is 5.32 Å². The summed E-state index contributed by atoms with van der Waals surface area (Å²) in [7, 11) is 0. The van der Waals surface area contributed by atoms with Crippen molar-refractivity contribution in [2.75, 3.05) is 31.5 Å². The van der Waals surface area contributed by atoms with Crippen LogP contribution in [0.25, 0.3) is 10.8 Å². The van der Waals surface area contributed by atoms with E-state index >= 15 is 0 Å². The van der Waals surface area contributed by atoms with E-state index in [-0.39, 0.29) is 23.3 Å². The molecule has 1 N–H and O–H groups in total. The average molecular weight is 490 g/mol. The lowest BCUT2D eigenvalue weighted by atomic mass is 9.66. The predicted molar refractivity (Wildman–Crippen MR) is 137 cm³/mol. The Morgan fingerprint density at radius 2 is 1.53 bits per heavy atom. The topological polar surface area (TPSA) is 79.0 Å². The van der Waals surface area contributed by atoms with E-state index in [1.807, 2.05) is 73.0 Å². The molecule has 3 heterocycles. The van der Waals surface area contributed by atoms with Crippen molar-refractivity contribution in [2.24, 2.45) is 16.2 Å². The zero-order valence-corrected chi connectivity index (χ0v) is 21.4. The molecule has 36 heavy (non-hydrogen) atoms.